The number of carbonyl (C=O) groups is 3. The van der Waals surface area contributed by atoms with E-state index in [4.69, 9.17) is 0 Å². The van der Waals surface area contributed by atoms with E-state index in [0.717, 1.165) is 11.1 Å². The van der Waals surface area contributed by atoms with Crippen LogP contribution in [-0.4, -0.2) is 24.4 Å². The normalized spacial score (nSPS) is 10.0. The Hall–Kier alpha value is -3.15. The predicted octanol–water partition coefficient (Wildman–Crippen LogP) is 2.43. The van der Waals surface area contributed by atoms with Crippen molar-refractivity contribution >= 4 is 23.5 Å². The molecule has 0 spiro atoms. The van der Waals surface area contributed by atoms with Gasteiger partial charge < -0.3 is 15.4 Å². The lowest BCUT2D eigenvalue weighted by atomic mass is 10.1. The quantitative estimate of drug-likeness (QED) is 0.791. The summed E-state index contributed by atoms with van der Waals surface area (Å²) in [7, 11) is 0. The predicted molar refractivity (Wildman–Crippen MR) is 94.1 cm³/mol. The van der Waals surface area contributed by atoms with Crippen molar-refractivity contribution in [1.29, 1.82) is 0 Å². The summed E-state index contributed by atoms with van der Waals surface area (Å²) in [5, 5.41) is 5.40. The van der Waals surface area contributed by atoms with Crippen LogP contribution < -0.4 is 10.6 Å². The van der Waals surface area contributed by atoms with Gasteiger partial charge in [0.2, 0.25) is 0 Å². The number of hydrogen-bond acceptors (Lipinski definition) is 4. The average Bonchev–Trinajstić information content (AvgIpc) is 2.59. The smallest absolute Gasteiger partial charge is 0.303 e. The van der Waals surface area contributed by atoms with Crippen molar-refractivity contribution in [1.82, 2.24) is 5.32 Å². The molecule has 6 heteroatoms. The van der Waals surface area contributed by atoms with E-state index in [-0.39, 0.29) is 5.91 Å². The monoisotopic (exact) mass is 340 g/mol. The number of nitrogens with one attached hydrogen (secondary N) is 2. The zero-order chi connectivity index (χ0) is 18.2. The van der Waals surface area contributed by atoms with E-state index in [1.807, 2.05) is 31.2 Å². The third-order valence-electron chi connectivity index (χ3n) is 3.43. The first kappa shape index (κ1) is 18.2. The molecule has 2 rings (SSSR count). The molecule has 0 aliphatic rings. The molecule has 6 nitrogen and oxygen atoms in total. The zero-order valence-corrected chi connectivity index (χ0v) is 14.2. The maximum Gasteiger partial charge on any atom is 0.303 e. The Morgan fingerprint density at radius 2 is 1.68 bits per heavy atom. The minimum Gasteiger partial charge on any atom is -0.456 e. The maximum atomic E-state index is 12.4. The summed E-state index contributed by atoms with van der Waals surface area (Å²) in [5.41, 5.74) is 2.83. The number of aryl methyl sites for hydroxylation is 1. The molecular weight excluding hydrogens is 320 g/mol. The summed E-state index contributed by atoms with van der Waals surface area (Å²) in [6.45, 7) is 3.21. The minimum absolute atomic E-state index is 0.302. The van der Waals surface area contributed by atoms with Crippen molar-refractivity contribution in [2.24, 2.45) is 0 Å². The molecule has 0 saturated carbocycles. The molecule has 2 N–H and O–H groups in total. The van der Waals surface area contributed by atoms with Crippen LogP contribution in [0.1, 0.15) is 28.4 Å². The highest BCUT2D eigenvalue weighted by atomic mass is 16.5. The number of hydrogen-bond donors (Lipinski definition) is 2. The fourth-order valence-corrected chi connectivity index (χ4v) is 2.13. The van der Waals surface area contributed by atoms with Gasteiger partial charge in [-0.05, 0) is 24.6 Å². The molecule has 0 aromatic heterocycles. The van der Waals surface area contributed by atoms with Crippen molar-refractivity contribution in [3.63, 3.8) is 0 Å². The Labute approximate surface area is 146 Å². The van der Waals surface area contributed by atoms with Crippen LogP contribution in [-0.2, 0) is 20.9 Å². The Kier molecular flexibility index (Phi) is 6.28. The van der Waals surface area contributed by atoms with Gasteiger partial charge >= 0.3 is 5.97 Å². The largest absolute Gasteiger partial charge is 0.456 e. The van der Waals surface area contributed by atoms with Crippen molar-refractivity contribution in [2.75, 3.05) is 11.9 Å². The fraction of sp³-hybridized carbons (Fsp3) is 0.211. The summed E-state index contributed by atoms with van der Waals surface area (Å²) in [6, 6.07) is 14.5. The zero-order valence-electron chi connectivity index (χ0n) is 14.2. The number of ether oxygens (including phenoxy) is 1. The summed E-state index contributed by atoms with van der Waals surface area (Å²) in [5.74, 6) is -1.35. The Balaban J connectivity index is 2.00. The molecule has 0 heterocycles. The van der Waals surface area contributed by atoms with Crippen LogP contribution in [0.4, 0.5) is 5.69 Å². The number of esters is 1. The van der Waals surface area contributed by atoms with Crippen LogP contribution in [0.15, 0.2) is 48.5 Å². The van der Waals surface area contributed by atoms with E-state index in [9.17, 15) is 14.4 Å². The molecular formula is C19H20N2O4. The molecule has 0 aliphatic carbocycles. The van der Waals surface area contributed by atoms with Gasteiger partial charge in [0.05, 0.1) is 11.3 Å². The molecule has 2 amide bonds. The van der Waals surface area contributed by atoms with Crippen LogP contribution in [0.2, 0.25) is 0 Å². The molecule has 0 aliphatic heterocycles. The second-order valence-electron chi connectivity index (χ2n) is 5.54. The Bertz CT molecular complexity index is 769. The number of benzene rings is 2. The summed E-state index contributed by atoms with van der Waals surface area (Å²) in [6.07, 6.45) is 0. The molecule has 0 unspecified atom stereocenters. The van der Waals surface area contributed by atoms with Crippen molar-refractivity contribution in [3.8, 4) is 0 Å². The summed E-state index contributed by atoms with van der Waals surface area (Å²) >= 11 is 0. The fourth-order valence-electron chi connectivity index (χ4n) is 2.13. The molecule has 0 radical (unpaired) electrons. The van der Waals surface area contributed by atoms with Gasteiger partial charge in [0.1, 0.15) is 0 Å². The van der Waals surface area contributed by atoms with Crippen molar-refractivity contribution < 1.29 is 19.1 Å². The molecule has 0 fully saturated rings. The number of para-hydroxylation sites is 1. The number of anilines is 1. The van der Waals surface area contributed by atoms with Gasteiger partial charge in [-0.25, -0.2) is 0 Å². The first-order chi connectivity index (χ1) is 12.0. The SMILES string of the molecule is CC(=O)OCC(=O)Nc1ccccc1C(=O)NCc1ccc(C)cc1. The lowest BCUT2D eigenvalue weighted by Gasteiger charge is -2.11. The van der Waals surface area contributed by atoms with E-state index < -0.39 is 18.5 Å². The van der Waals surface area contributed by atoms with Crippen LogP contribution in [0.3, 0.4) is 0 Å². The molecule has 25 heavy (non-hydrogen) atoms. The first-order valence-electron chi connectivity index (χ1n) is 7.81. The van der Waals surface area contributed by atoms with E-state index in [0.29, 0.717) is 17.8 Å². The van der Waals surface area contributed by atoms with Crippen molar-refractivity contribution in [3.05, 3.63) is 65.2 Å². The molecule has 2 aromatic carbocycles. The molecule has 0 saturated heterocycles. The highest BCUT2D eigenvalue weighted by Crippen LogP contribution is 2.15. The van der Waals surface area contributed by atoms with Gasteiger partial charge in [-0.3, -0.25) is 14.4 Å². The number of carbonyl (C=O) groups excluding carboxylic acids is 3. The number of rotatable bonds is 6. The topological polar surface area (TPSA) is 84.5 Å². The minimum atomic E-state index is -0.542. The van der Waals surface area contributed by atoms with Gasteiger partial charge in [-0.15, -0.1) is 0 Å². The molecule has 130 valence electrons. The maximum absolute atomic E-state index is 12.4. The highest BCUT2D eigenvalue weighted by molar-refractivity contribution is 6.04. The first-order valence-corrected chi connectivity index (χ1v) is 7.81. The van der Waals surface area contributed by atoms with Gasteiger partial charge in [0.15, 0.2) is 6.61 Å². The summed E-state index contributed by atoms with van der Waals surface area (Å²) < 4.78 is 4.64. The second kappa shape index (κ2) is 8.63. The molecule has 0 bridgehead atoms. The third-order valence-corrected chi connectivity index (χ3v) is 3.43. The van der Waals surface area contributed by atoms with E-state index in [2.05, 4.69) is 15.4 Å². The van der Waals surface area contributed by atoms with Gasteiger partial charge in [0.25, 0.3) is 11.8 Å². The lowest BCUT2D eigenvalue weighted by molar-refractivity contribution is -0.144. The van der Waals surface area contributed by atoms with Crippen molar-refractivity contribution in [2.45, 2.75) is 20.4 Å². The lowest BCUT2D eigenvalue weighted by Crippen LogP contribution is -2.26. The van der Waals surface area contributed by atoms with Crippen LogP contribution in [0.5, 0.6) is 0 Å². The number of amides is 2. The van der Waals surface area contributed by atoms with E-state index in [1.54, 1.807) is 24.3 Å². The van der Waals surface area contributed by atoms with Crippen LogP contribution in [0, 0.1) is 6.92 Å². The van der Waals surface area contributed by atoms with Gasteiger partial charge in [-0.2, -0.15) is 0 Å². The van der Waals surface area contributed by atoms with Crippen LogP contribution >= 0.6 is 0 Å². The highest BCUT2D eigenvalue weighted by Gasteiger charge is 2.13. The van der Waals surface area contributed by atoms with E-state index in [1.165, 1.54) is 6.92 Å². The van der Waals surface area contributed by atoms with Gasteiger partial charge in [-0.1, -0.05) is 42.0 Å². The Morgan fingerprint density at radius 3 is 2.36 bits per heavy atom. The molecule has 0 atom stereocenters. The average molecular weight is 340 g/mol. The second-order valence-corrected chi connectivity index (χ2v) is 5.54. The Morgan fingerprint density at radius 1 is 1.00 bits per heavy atom. The van der Waals surface area contributed by atoms with Gasteiger partial charge in [0, 0.05) is 13.5 Å². The molecule has 2 aromatic rings. The standard InChI is InChI=1S/C19H20N2O4/c1-13-7-9-15(10-8-13)11-20-19(24)16-5-3-4-6-17(16)21-18(23)12-25-14(2)22/h3-10H,11-12H2,1-2H3,(H,20,24)(H,21,23). The third kappa shape index (κ3) is 5.76. The summed E-state index contributed by atoms with van der Waals surface area (Å²) in [4.78, 5) is 34.9. The van der Waals surface area contributed by atoms with E-state index >= 15 is 0 Å². The van der Waals surface area contributed by atoms with Crippen LogP contribution in [0.25, 0.3) is 0 Å².